The number of hydrogen-bond donors (Lipinski definition) is 1. The minimum Gasteiger partial charge on any atom is -0.320 e. The van der Waals surface area contributed by atoms with E-state index < -0.39 is 0 Å². The Morgan fingerprint density at radius 3 is 2.58 bits per heavy atom. The summed E-state index contributed by atoms with van der Waals surface area (Å²) < 4.78 is 0. The average Bonchev–Trinajstić information content (AvgIpc) is 2.70. The highest BCUT2D eigenvalue weighted by Gasteiger charge is 2.17. The first-order valence-corrected chi connectivity index (χ1v) is 8.06. The van der Waals surface area contributed by atoms with Crippen molar-refractivity contribution in [1.29, 1.82) is 0 Å². The van der Waals surface area contributed by atoms with E-state index in [-0.39, 0.29) is 6.04 Å². The summed E-state index contributed by atoms with van der Waals surface area (Å²) >= 11 is 7.82. The highest BCUT2D eigenvalue weighted by Crippen LogP contribution is 2.33. The van der Waals surface area contributed by atoms with E-state index in [1.165, 1.54) is 42.5 Å². The molecule has 1 aliphatic carbocycles. The minimum atomic E-state index is -0.0193. The average molecular weight is 292 g/mol. The zero-order valence-corrected chi connectivity index (χ0v) is 12.4. The molecule has 0 saturated heterocycles. The Hall–Kier alpha value is -0.830. The molecule has 1 heterocycles. The van der Waals surface area contributed by atoms with Gasteiger partial charge in [0.15, 0.2) is 0 Å². The van der Waals surface area contributed by atoms with E-state index in [2.05, 4.69) is 6.07 Å². The Bertz CT molecular complexity index is 535. The number of aryl methyl sites for hydroxylation is 2. The molecule has 1 aromatic carbocycles. The Labute approximate surface area is 123 Å². The maximum absolute atomic E-state index is 6.38. The van der Waals surface area contributed by atoms with Crippen molar-refractivity contribution in [3.63, 3.8) is 0 Å². The summed E-state index contributed by atoms with van der Waals surface area (Å²) in [7, 11) is 0. The van der Waals surface area contributed by atoms with E-state index in [1.807, 2.05) is 35.6 Å². The molecule has 0 fully saturated rings. The Kier molecular flexibility index (Phi) is 3.92. The lowest BCUT2D eigenvalue weighted by Gasteiger charge is -2.10. The zero-order chi connectivity index (χ0) is 13.2. The van der Waals surface area contributed by atoms with E-state index in [0.717, 1.165) is 10.6 Å². The quantitative estimate of drug-likeness (QED) is 0.796. The molecule has 2 N–H and O–H groups in total. The lowest BCUT2D eigenvalue weighted by Crippen LogP contribution is -2.09. The number of hydrogen-bond acceptors (Lipinski definition) is 2. The normalized spacial score (nSPS) is 16.7. The monoisotopic (exact) mass is 291 g/mol. The third-order valence-corrected chi connectivity index (χ3v) is 5.37. The smallest absolute Gasteiger partial charge is 0.0646 e. The SMILES string of the molecule is NC(c1ccc(Cl)cc1)c1cc2c(s1)CCCCC2. The van der Waals surface area contributed by atoms with Gasteiger partial charge in [0.2, 0.25) is 0 Å². The van der Waals surface area contributed by atoms with Crippen molar-refractivity contribution in [1.82, 2.24) is 0 Å². The predicted molar refractivity (Wildman–Crippen MR) is 83.1 cm³/mol. The van der Waals surface area contributed by atoms with Crippen LogP contribution in [0.2, 0.25) is 5.02 Å². The van der Waals surface area contributed by atoms with Gasteiger partial charge in [-0.2, -0.15) is 0 Å². The molecule has 0 spiro atoms. The first-order chi connectivity index (χ1) is 9.24. The minimum absolute atomic E-state index is 0.0193. The van der Waals surface area contributed by atoms with Gasteiger partial charge in [0.05, 0.1) is 6.04 Å². The van der Waals surface area contributed by atoms with Gasteiger partial charge in [-0.1, -0.05) is 30.2 Å². The van der Waals surface area contributed by atoms with Crippen LogP contribution in [0.4, 0.5) is 0 Å². The molecule has 1 nitrogen and oxygen atoms in total. The van der Waals surface area contributed by atoms with Crippen molar-refractivity contribution in [2.45, 2.75) is 38.1 Å². The molecule has 3 rings (SSSR count). The molecule has 1 aliphatic rings. The molecule has 1 atom stereocenters. The highest BCUT2D eigenvalue weighted by molar-refractivity contribution is 7.12. The summed E-state index contributed by atoms with van der Waals surface area (Å²) in [6.45, 7) is 0. The molecule has 0 aliphatic heterocycles. The first-order valence-electron chi connectivity index (χ1n) is 6.86. The largest absolute Gasteiger partial charge is 0.320 e. The predicted octanol–water partition coefficient (Wildman–Crippen LogP) is 4.72. The molecule has 0 radical (unpaired) electrons. The van der Waals surface area contributed by atoms with E-state index >= 15 is 0 Å². The number of rotatable bonds is 2. The maximum Gasteiger partial charge on any atom is 0.0646 e. The van der Waals surface area contributed by atoms with E-state index in [1.54, 1.807) is 4.88 Å². The molecule has 0 saturated carbocycles. The number of halogens is 1. The molecular weight excluding hydrogens is 274 g/mol. The summed E-state index contributed by atoms with van der Waals surface area (Å²) in [6, 6.07) is 10.2. The van der Waals surface area contributed by atoms with Gasteiger partial charge in [-0.3, -0.25) is 0 Å². The number of thiophene rings is 1. The van der Waals surface area contributed by atoms with Crippen LogP contribution in [0.25, 0.3) is 0 Å². The number of nitrogens with two attached hydrogens (primary N) is 1. The fourth-order valence-corrected chi connectivity index (χ4v) is 4.09. The van der Waals surface area contributed by atoms with Crippen LogP contribution in [0.1, 0.15) is 46.2 Å². The third kappa shape index (κ3) is 2.86. The summed E-state index contributed by atoms with van der Waals surface area (Å²) in [5.74, 6) is 0. The third-order valence-electron chi connectivity index (χ3n) is 3.80. The van der Waals surface area contributed by atoms with E-state index in [9.17, 15) is 0 Å². The second kappa shape index (κ2) is 5.66. The van der Waals surface area contributed by atoms with Gasteiger partial charge in [-0.15, -0.1) is 11.3 Å². The van der Waals surface area contributed by atoms with Crippen LogP contribution in [-0.4, -0.2) is 0 Å². The molecule has 1 unspecified atom stereocenters. The van der Waals surface area contributed by atoms with E-state index in [0.29, 0.717) is 0 Å². The van der Waals surface area contributed by atoms with Crippen molar-refractivity contribution >= 4 is 22.9 Å². The number of benzene rings is 1. The van der Waals surface area contributed by atoms with Crippen LogP contribution in [-0.2, 0) is 12.8 Å². The molecule has 19 heavy (non-hydrogen) atoms. The van der Waals surface area contributed by atoms with E-state index in [4.69, 9.17) is 17.3 Å². The maximum atomic E-state index is 6.38. The van der Waals surface area contributed by atoms with Crippen LogP contribution in [0.15, 0.2) is 30.3 Å². The van der Waals surface area contributed by atoms with Crippen molar-refractivity contribution < 1.29 is 0 Å². The van der Waals surface area contributed by atoms with Crippen LogP contribution >= 0.6 is 22.9 Å². The van der Waals surface area contributed by atoms with Crippen LogP contribution in [0, 0.1) is 0 Å². The summed E-state index contributed by atoms with van der Waals surface area (Å²) in [6.07, 6.45) is 6.45. The summed E-state index contributed by atoms with van der Waals surface area (Å²) in [5.41, 5.74) is 9.05. The second-order valence-corrected chi connectivity index (χ2v) is 6.79. The fourth-order valence-electron chi connectivity index (χ4n) is 2.68. The molecule has 0 amide bonds. The van der Waals surface area contributed by atoms with Crippen molar-refractivity contribution in [2.75, 3.05) is 0 Å². The van der Waals surface area contributed by atoms with Crippen molar-refractivity contribution in [3.8, 4) is 0 Å². The van der Waals surface area contributed by atoms with Gasteiger partial charge < -0.3 is 5.73 Å². The van der Waals surface area contributed by atoms with Gasteiger partial charge >= 0.3 is 0 Å². The van der Waals surface area contributed by atoms with Crippen LogP contribution in [0.5, 0.6) is 0 Å². The van der Waals surface area contributed by atoms with Crippen LogP contribution < -0.4 is 5.73 Å². The van der Waals surface area contributed by atoms with Crippen molar-refractivity contribution in [2.24, 2.45) is 5.73 Å². The van der Waals surface area contributed by atoms with Gasteiger partial charge in [0.1, 0.15) is 0 Å². The summed E-state index contributed by atoms with van der Waals surface area (Å²) in [4.78, 5) is 2.84. The fraction of sp³-hybridized carbons (Fsp3) is 0.375. The van der Waals surface area contributed by atoms with Gasteiger partial charge in [0.25, 0.3) is 0 Å². The standard InChI is InChI=1S/C16H18ClNS/c17-13-8-6-11(7-9-13)16(18)15-10-12-4-2-1-3-5-14(12)19-15/h6-10,16H,1-5,18H2. The molecule has 3 heteroatoms. The second-order valence-electron chi connectivity index (χ2n) is 5.19. The molecule has 1 aromatic heterocycles. The number of fused-ring (bicyclic) bond motifs is 1. The topological polar surface area (TPSA) is 26.0 Å². The molecular formula is C16H18ClNS. The first kappa shape index (κ1) is 13.2. The Balaban J connectivity index is 1.87. The molecule has 0 bridgehead atoms. The lowest BCUT2D eigenvalue weighted by molar-refractivity contribution is 0.712. The molecule has 100 valence electrons. The molecule has 2 aromatic rings. The summed E-state index contributed by atoms with van der Waals surface area (Å²) in [5, 5.41) is 0.762. The Morgan fingerprint density at radius 2 is 1.79 bits per heavy atom. The zero-order valence-electron chi connectivity index (χ0n) is 10.9. The Morgan fingerprint density at radius 1 is 1.05 bits per heavy atom. The van der Waals surface area contributed by atoms with Gasteiger partial charge in [-0.05, 0) is 55.0 Å². The van der Waals surface area contributed by atoms with Gasteiger partial charge in [0, 0.05) is 14.8 Å². The van der Waals surface area contributed by atoms with Gasteiger partial charge in [-0.25, -0.2) is 0 Å². The van der Waals surface area contributed by atoms with Crippen molar-refractivity contribution in [3.05, 3.63) is 56.2 Å². The highest BCUT2D eigenvalue weighted by atomic mass is 35.5. The van der Waals surface area contributed by atoms with Crippen LogP contribution in [0.3, 0.4) is 0 Å². The lowest BCUT2D eigenvalue weighted by atomic mass is 10.0.